The molecular formula is C18H18. The van der Waals surface area contributed by atoms with Gasteiger partial charge in [0.2, 0.25) is 0 Å². The molecule has 0 spiro atoms. The molecule has 0 nitrogen and oxygen atoms in total. The number of aryl methyl sites for hydroxylation is 2. The van der Waals surface area contributed by atoms with Gasteiger partial charge in [-0.15, -0.1) is 0 Å². The van der Waals surface area contributed by atoms with Crippen LogP contribution < -0.4 is 0 Å². The minimum atomic E-state index is 1.11. The second kappa shape index (κ2) is 4.13. The van der Waals surface area contributed by atoms with Crippen LogP contribution in [0.15, 0.2) is 42.0 Å². The zero-order valence-electron chi connectivity index (χ0n) is 11.2. The van der Waals surface area contributed by atoms with Gasteiger partial charge in [-0.25, -0.2) is 0 Å². The van der Waals surface area contributed by atoms with Crippen LogP contribution in [0.1, 0.15) is 29.2 Å². The highest BCUT2D eigenvalue weighted by Crippen LogP contribution is 2.35. The number of hydrogen-bond acceptors (Lipinski definition) is 0. The molecule has 0 amide bonds. The standard InChI is InChI=1S/C18H18/c1-12-7-8-14(3)17(10-12)16-6-4-5-15-9-13(2)11-18(15)16/h4-8,10-11H,9H2,1-3H3. The first-order valence-electron chi connectivity index (χ1n) is 6.52. The van der Waals surface area contributed by atoms with Gasteiger partial charge in [0.1, 0.15) is 0 Å². The van der Waals surface area contributed by atoms with E-state index >= 15 is 0 Å². The lowest BCUT2D eigenvalue weighted by Gasteiger charge is -2.11. The van der Waals surface area contributed by atoms with E-state index < -0.39 is 0 Å². The summed E-state index contributed by atoms with van der Waals surface area (Å²) in [5.41, 5.74) is 9.78. The molecule has 1 aliphatic rings. The average molecular weight is 234 g/mol. The van der Waals surface area contributed by atoms with E-state index in [0.29, 0.717) is 0 Å². The molecule has 3 rings (SSSR count). The summed E-state index contributed by atoms with van der Waals surface area (Å²) in [5, 5.41) is 0. The van der Waals surface area contributed by atoms with Gasteiger partial charge in [0, 0.05) is 0 Å². The Kier molecular flexibility index (Phi) is 2.59. The summed E-state index contributed by atoms with van der Waals surface area (Å²) in [4.78, 5) is 0. The van der Waals surface area contributed by atoms with Crippen LogP contribution in [0.2, 0.25) is 0 Å². The average Bonchev–Trinajstić information content (AvgIpc) is 2.72. The summed E-state index contributed by atoms with van der Waals surface area (Å²) in [7, 11) is 0. The maximum absolute atomic E-state index is 2.34. The van der Waals surface area contributed by atoms with Gasteiger partial charge < -0.3 is 0 Å². The third-order valence-corrected chi connectivity index (χ3v) is 3.74. The van der Waals surface area contributed by atoms with Gasteiger partial charge in [-0.1, -0.05) is 53.6 Å². The van der Waals surface area contributed by atoms with Gasteiger partial charge in [-0.2, -0.15) is 0 Å². The highest BCUT2D eigenvalue weighted by atomic mass is 14.2. The first kappa shape index (κ1) is 11.3. The minimum Gasteiger partial charge on any atom is -0.0683 e. The molecule has 2 aromatic rings. The van der Waals surface area contributed by atoms with E-state index in [1.165, 1.54) is 39.0 Å². The van der Waals surface area contributed by atoms with Crippen LogP contribution in [-0.2, 0) is 6.42 Å². The van der Waals surface area contributed by atoms with Crippen LogP contribution >= 0.6 is 0 Å². The van der Waals surface area contributed by atoms with Crippen molar-refractivity contribution in [1.29, 1.82) is 0 Å². The van der Waals surface area contributed by atoms with Crippen molar-refractivity contribution in [2.24, 2.45) is 0 Å². The summed E-state index contributed by atoms with van der Waals surface area (Å²) < 4.78 is 0. The monoisotopic (exact) mass is 234 g/mol. The molecule has 0 atom stereocenters. The SMILES string of the molecule is CC1=Cc2c(cccc2-c2cc(C)ccc2C)C1. The second-order valence-corrected chi connectivity index (χ2v) is 5.36. The number of hydrogen-bond donors (Lipinski definition) is 0. The maximum Gasteiger partial charge on any atom is -0.00604 e. The molecule has 1 aliphatic carbocycles. The zero-order valence-corrected chi connectivity index (χ0v) is 11.2. The van der Waals surface area contributed by atoms with E-state index in [0.717, 1.165) is 6.42 Å². The first-order chi connectivity index (χ1) is 8.65. The topological polar surface area (TPSA) is 0 Å². The molecule has 0 saturated carbocycles. The van der Waals surface area contributed by atoms with Crippen molar-refractivity contribution in [2.45, 2.75) is 27.2 Å². The Balaban J connectivity index is 2.25. The predicted octanol–water partition coefficient (Wildman–Crippen LogP) is 4.93. The molecule has 0 unspecified atom stereocenters. The molecule has 0 heterocycles. The van der Waals surface area contributed by atoms with E-state index in [9.17, 15) is 0 Å². The lowest BCUT2D eigenvalue weighted by molar-refractivity contribution is 1.19. The summed E-state index contributed by atoms with van der Waals surface area (Å²) in [5.74, 6) is 0. The third-order valence-electron chi connectivity index (χ3n) is 3.74. The Bertz CT molecular complexity index is 645. The molecule has 0 aliphatic heterocycles. The quantitative estimate of drug-likeness (QED) is 0.656. The highest BCUT2D eigenvalue weighted by Gasteiger charge is 2.15. The van der Waals surface area contributed by atoms with Crippen LogP contribution in [0, 0.1) is 13.8 Å². The Morgan fingerprint density at radius 1 is 0.889 bits per heavy atom. The van der Waals surface area contributed by atoms with Crippen LogP contribution in [0.4, 0.5) is 0 Å². The van der Waals surface area contributed by atoms with Crippen molar-refractivity contribution in [2.75, 3.05) is 0 Å². The molecule has 0 saturated heterocycles. The Morgan fingerprint density at radius 3 is 2.56 bits per heavy atom. The number of allylic oxidation sites excluding steroid dienone is 1. The normalized spacial score (nSPS) is 13.4. The Hall–Kier alpha value is -1.82. The van der Waals surface area contributed by atoms with Crippen molar-refractivity contribution in [3.05, 3.63) is 64.2 Å². The smallest absolute Gasteiger partial charge is 0.00604 e. The largest absolute Gasteiger partial charge is 0.0683 e. The van der Waals surface area contributed by atoms with Crippen molar-refractivity contribution < 1.29 is 0 Å². The minimum absolute atomic E-state index is 1.11. The fraction of sp³-hybridized carbons (Fsp3) is 0.222. The van der Waals surface area contributed by atoms with Gasteiger partial charge in [-0.05, 0) is 55.0 Å². The number of rotatable bonds is 1. The van der Waals surface area contributed by atoms with Crippen LogP contribution in [-0.4, -0.2) is 0 Å². The van der Waals surface area contributed by atoms with Gasteiger partial charge in [-0.3, -0.25) is 0 Å². The summed E-state index contributed by atoms with van der Waals surface area (Å²) in [6, 6.07) is 13.4. The lowest BCUT2D eigenvalue weighted by Crippen LogP contribution is -1.90. The van der Waals surface area contributed by atoms with Crippen LogP contribution in [0.3, 0.4) is 0 Å². The number of fused-ring (bicyclic) bond motifs is 1. The molecule has 0 bridgehead atoms. The Labute approximate surface area is 109 Å². The van der Waals surface area contributed by atoms with E-state index in [1.54, 1.807) is 0 Å². The van der Waals surface area contributed by atoms with Crippen molar-refractivity contribution in [3.63, 3.8) is 0 Å². The maximum atomic E-state index is 2.34. The van der Waals surface area contributed by atoms with E-state index in [2.05, 4.69) is 63.2 Å². The van der Waals surface area contributed by atoms with E-state index in [-0.39, 0.29) is 0 Å². The fourth-order valence-corrected chi connectivity index (χ4v) is 2.80. The second-order valence-electron chi connectivity index (χ2n) is 5.36. The van der Waals surface area contributed by atoms with Gasteiger partial charge in [0.15, 0.2) is 0 Å². The predicted molar refractivity (Wildman–Crippen MR) is 78.7 cm³/mol. The van der Waals surface area contributed by atoms with Gasteiger partial charge in [0.25, 0.3) is 0 Å². The van der Waals surface area contributed by atoms with E-state index in [4.69, 9.17) is 0 Å². The molecule has 0 fully saturated rings. The van der Waals surface area contributed by atoms with Gasteiger partial charge >= 0.3 is 0 Å². The molecule has 0 heteroatoms. The molecule has 0 N–H and O–H groups in total. The summed E-state index contributed by atoms with van der Waals surface area (Å²) in [6.07, 6.45) is 3.44. The van der Waals surface area contributed by atoms with Crippen molar-refractivity contribution in [1.82, 2.24) is 0 Å². The van der Waals surface area contributed by atoms with Gasteiger partial charge in [0.05, 0.1) is 0 Å². The molecule has 2 aromatic carbocycles. The zero-order chi connectivity index (χ0) is 12.7. The molecule has 0 aromatic heterocycles. The molecular weight excluding hydrogens is 216 g/mol. The third kappa shape index (κ3) is 1.78. The Morgan fingerprint density at radius 2 is 1.72 bits per heavy atom. The van der Waals surface area contributed by atoms with Crippen molar-refractivity contribution >= 4 is 6.08 Å². The van der Waals surface area contributed by atoms with Crippen molar-refractivity contribution in [3.8, 4) is 11.1 Å². The summed E-state index contributed by atoms with van der Waals surface area (Å²) >= 11 is 0. The lowest BCUT2D eigenvalue weighted by atomic mass is 9.93. The first-order valence-corrected chi connectivity index (χ1v) is 6.52. The summed E-state index contributed by atoms with van der Waals surface area (Å²) in [6.45, 7) is 6.57. The van der Waals surface area contributed by atoms with Crippen LogP contribution in [0.5, 0.6) is 0 Å². The fourth-order valence-electron chi connectivity index (χ4n) is 2.80. The molecule has 0 radical (unpaired) electrons. The molecule has 18 heavy (non-hydrogen) atoms. The molecule has 90 valence electrons. The number of benzene rings is 2. The van der Waals surface area contributed by atoms with E-state index in [1.807, 2.05) is 0 Å². The highest BCUT2D eigenvalue weighted by molar-refractivity contribution is 5.82. The van der Waals surface area contributed by atoms with Crippen LogP contribution in [0.25, 0.3) is 17.2 Å².